The highest BCUT2D eigenvalue weighted by atomic mass is 16.7. The van der Waals surface area contributed by atoms with Crippen molar-refractivity contribution in [2.75, 3.05) is 20.4 Å². The Morgan fingerprint density at radius 2 is 2.00 bits per heavy atom. The summed E-state index contributed by atoms with van der Waals surface area (Å²) in [6.07, 6.45) is 1.18. The van der Waals surface area contributed by atoms with Gasteiger partial charge in [-0.25, -0.2) is 0 Å². The fourth-order valence-electron chi connectivity index (χ4n) is 2.38. The number of benzene rings is 1. The third-order valence-corrected chi connectivity index (χ3v) is 4.00. The van der Waals surface area contributed by atoms with Crippen LogP contribution in [0.5, 0.6) is 11.5 Å². The summed E-state index contributed by atoms with van der Waals surface area (Å²) in [6, 6.07) is 3.73. The Morgan fingerprint density at radius 1 is 1.30 bits per heavy atom. The maximum absolute atomic E-state index is 12.6. The summed E-state index contributed by atoms with van der Waals surface area (Å²) >= 11 is 0. The molecule has 1 amide bonds. The third-order valence-electron chi connectivity index (χ3n) is 4.00. The quantitative estimate of drug-likeness (QED) is 0.709. The molecule has 0 unspecified atom stereocenters. The van der Waals surface area contributed by atoms with Crippen LogP contribution in [0.4, 0.5) is 0 Å². The lowest BCUT2D eigenvalue weighted by Gasteiger charge is -2.26. The molecule has 0 spiro atoms. The number of ketones is 1. The van der Waals surface area contributed by atoms with Gasteiger partial charge in [-0.05, 0) is 44.5 Å². The number of nitrogens with two attached hydrogens (primary N) is 2. The molecule has 1 aliphatic heterocycles. The normalized spacial score (nSPS) is 15.1. The highest BCUT2D eigenvalue weighted by Gasteiger charge is 2.27. The van der Waals surface area contributed by atoms with Crippen LogP contribution in [0.3, 0.4) is 0 Å². The average Bonchev–Trinajstić information content (AvgIpc) is 3.04. The van der Waals surface area contributed by atoms with Gasteiger partial charge in [0.1, 0.15) is 0 Å². The molecule has 7 heteroatoms. The summed E-state index contributed by atoms with van der Waals surface area (Å²) in [6.45, 7) is 2.31. The summed E-state index contributed by atoms with van der Waals surface area (Å²) in [5, 5.41) is 0. The molecular formula is C16H23N3O4. The van der Waals surface area contributed by atoms with Gasteiger partial charge in [-0.15, -0.1) is 0 Å². The van der Waals surface area contributed by atoms with Crippen molar-refractivity contribution in [1.29, 1.82) is 0 Å². The Morgan fingerprint density at radius 3 is 2.70 bits per heavy atom. The van der Waals surface area contributed by atoms with Gasteiger partial charge in [0.25, 0.3) is 0 Å². The van der Waals surface area contributed by atoms with E-state index in [2.05, 4.69) is 0 Å². The summed E-state index contributed by atoms with van der Waals surface area (Å²) in [5.41, 5.74) is 11.8. The minimum absolute atomic E-state index is 0.150. The van der Waals surface area contributed by atoms with E-state index in [-0.39, 0.29) is 18.5 Å². The lowest BCUT2D eigenvalue weighted by atomic mass is 10.0. The first-order valence-electron chi connectivity index (χ1n) is 7.62. The number of amides is 1. The van der Waals surface area contributed by atoms with Gasteiger partial charge in [-0.2, -0.15) is 0 Å². The van der Waals surface area contributed by atoms with Crippen molar-refractivity contribution in [1.82, 2.24) is 4.90 Å². The topological polar surface area (TPSA) is 108 Å². The number of ether oxygens (including phenoxy) is 2. The monoisotopic (exact) mass is 321 g/mol. The second-order valence-corrected chi connectivity index (χ2v) is 5.59. The highest BCUT2D eigenvalue weighted by Crippen LogP contribution is 2.32. The van der Waals surface area contributed by atoms with Crippen LogP contribution in [0.25, 0.3) is 0 Å². The van der Waals surface area contributed by atoms with E-state index in [4.69, 9.17) is 20.9 Å². The van der Waals surface area contributed by atoms with Crippen LogP contribution in [-0.2, 0) is 4.79 Å². The van der Waals surface area contributed by atoms with Crippen molar-refractivity contribution in [3.8, 4) is 11.5 Å². The van der Waals surface area contributed by atoms with E-state index in [0.717, 1.165) is 0 Å². The molecule has 0 fully saturated rings. The van der Waals surface area contributed by atoms with E-state index < -0.39 is 12.1 Å². The lowest BCUT2D eigenvalue weighted by Crippen LogP contribution is -2.48. The highest BCUT2D eigenvalue weighted by molar-refractivity contribution is 6.02. The average molecular weight is 321 g/mol. The van der Waals surface area contributed by atoms with E-state index in [9.17, 15) is 9.59 Å². The maximum atomic E-state index is 12.6. The van der Waals surface area contributed by atoms with Gasteiger partial charge in [0.05, 0.1) is 12.1 Å². The summed E-state index contributed by atoms with van der Waals surface area (Å²) in [5.74, 6) is 0.712. The van der Waals surface area contributed by atoms with E-state index in [1.165, 1.54) is 4.90 Å². The zero-order valence-corrected chi connectivity index (χ0v) is 13.5. The van der Waals surface area contributed by atoms with Crippen molar-refractivity contribution in [3.63, 3.8) is 0 Å². The first-order chi connectivity index (χ1) is 11.0. The second kappa shape index (κ2) is 7.43. The molecule has 1 aliphatic rings. The van der Waals surface area contributed by atoms with Gasteiger partial charge in [0, 0.05) is 12.6 Å². The van der Waals surface area contributed by atoms with Gasteiger partial charge in [0.2, 0.25) is 12.7 Å². The van der Waals surface area contributed by atoms with Gasteiger partial charge in [-0.3, -0.25) is 9.59 Å². The predicted octanol–water partition coefficient (Wildman–Crippen LogP) is 0.511. The molecule has 1 aromatic rings. The second-order valence-electron chi connectivity index (χ2n) is 5.59. The van der Waals surface area contributed by atoms with Crippen molar-refractivity contribution in [2.45, 2.75) is 31.8 Å². The van der Waals surface area contributed by atoms with Crippen LogP contribution in [-0.4, -0.2) is 49.1 Å². The first-order valence-corrected chi connectivity index (χ1v) is 7.62. The number of nitrogens with zero attached hydrogens (tertiary/aromatic N) is 1. The number of fused-ring (bicyclic) bond motifs is 1. The SMILES string of the molecule is C[C@H](C(=O)c1ccc2c(c1)OCO2)N(C)C(=O)[C@@H](N)CCCN. The van der Waals surface area contributed by atoms with Crippen LogP contribution in [0.1, 0.15) is 30.1 Å². The molecule has 0 saturated carbocycles. The zero-order chi connectivity index (χ0) is 17.0. The Bertz CT molecular complexity index is 591. The molecule has 0 saturated heterocycles. The molecule has 2 atom stereocenters. The van der Waals surface area contributed by atoms with Crippen LogP contribution in [0.15, 0.2) is 18.2 Å². The van der Waals surface area contributed by atoms with Crippen molar-refractivity contribution >= 4 is 11.7 Å². The fraction of sp³-hybridized carbons (Fsp3) is 0.500. The Hall–Kier alpha value is -2.12. The van der Waals surface area contributed by atoms with E-state index >= 15 is 0 Å². The van der Waals surface area contributed by atoms with Gasteiger partial charge >= 0.3 is 0 Å². The van der Waals surface area contributed by atoms with Gasteiger partial charge < -0.3 is 25.8 Å². The lowest BCUT2D eigenvalue weighted by molar-refractivity contribution is -0.132. The van der Waals surface area contributed by atoms with Gasteiger partial charge in [0.15, 0.2) is 17.3 Å². The number of rotatable bonds is 7. The molecule has 7 nitrogen and oxygen atoms in total. The number of Topliss-reactive ketones (excluding diaryl/α,β-unsaturated/α-hetero) is 1. The number of carbonyl (C=O) groups is 2. The van der Waals surface area contributed by atoms with Crippen molar-refractivity contribution < 1.29 is 19.1 Å². The first kappa shape index (κ1) is 17.2. The third kappa shape index (κ3) is 3.80. The number of likely N-dealkylation sites (N-methyl/N-ethyl adjacent to an activating group) is 1. The molecule has 0 aromatic heterocycles. The van der Waals surface area contributed by atoms with E-state index in [1.54, 1.807) is 32.2 Å². The Kier molecular flexibility index (Phi) is 5.57. The largest absolute Gasteiger partial charge is 0.454 e. The maximum Gasteiger partial charge on any atom is 0.239 e. The molecule has 0 bridgehead atoms. The molecule has 4 N–H and O–H groups in total. The summed E-state index contributed by atoms with van der Waals surface area (Å²) in [7, 11) is 1.58. The molecular weight excluding hydrogens is 298 g/mol. The minimum atomic E-state index is -0.643. The standard InChI is InChI=1S/C16H23N3O4/c1-10(19(2)16(21)12(18)4-3-7-17)15(20)11-5-6-13-14(8-11)23-9-22-13/h5-6,8,10,12H,3-4,7,9,17-18H2,1-2H3/t10-,12+/m1/s1. The molecule has 1 aromatic carbocycles. The Balaban J connectivity index is 2.05. The van der Waals surface area contributed by atoms with Crippen molar-refractivity contribution in [2.24, 2.45) is 11.5 Å². The van der Waals surface area contributed by atoms with Gasteiger partial charge in [-0.1, -0.05) is 0 Å². The molecule has 2 rings (SSSR count). The fourth-order valence-corrected chi connectivity index (χ4v) is 2.38. The summed E-state index contributed by atoms with van der Waals surface area (Å²) < 4.78 is 10.5. The van der Waals surface area contributed by atoms with Crippen LogP contribution < -0.4 is 20.9 Å². The number of hydrogen-bond acceptors (Lipinski definition) is 6. The molecule has 1 heterocycles. The number of carbonyl (C=O) groups excluding carboxylic acids is 2. The summed E-state index contributed by atoms with van der Waals surface area (Å²) in [4.78, 5) is 26.2. The van der Waals surface area contributed by atoms with Crippen LogP contribution in [0, 0.1) is 0 Å². The molecule has 23 heavy (non-hydrogen) atoms. The van der Waals surface area contributed by atoms with Crippen molar-refractivity contribution in [3.05, 3.63) is 23.8 Å². The Labute approximate surface area is 135 Å². The number of hydrogen-bond donors (Lipinski definition) is 2. The molecule has 0 radical (unpaired) electrons. The minimum Gasteiger partial charge on any atom is -0.454 e. The predicted molar refractivity (Wildman–Crippen MR) is 85.4 cm³/mol. The van der Waals surface area contributed by atoms with E-state index in [0.29, 0.717) is 36.4 Å². The molecule has 126 valence electrons. The van der Waals surface area contributed by atoms with Crippen LogP contribution in [0.2, 0.25) is 0 Å². The smallest absolute Gasteiger partial charge is 0.239 e. The zero-order valence-electron chi connectivity index (χ0n) is 13.5. The molecule has 0 aliphatic carbocycles. The van der Waals surface area contributed by atoms with Crippen LogP contribution >= 0.6 is 0 Å². The van der Waals surface area contributed by atoms with E-state index in [1.807, 2.05) is 0 Å².